The standard InChI is InChI=1S/C49H32N2O/c1-3-12-35(13-4-1)49-50-47-31-30-44-40(20-11-21-45(44)48(47)52-49)33-22-26-38(27-23-33)51(37-15-5-2-6-16-37)39-28-24-34(25-29-39)46-32-36-14-7-8-17-41(36)42-18-9-10-19-43(42)46/h1-32H. The van der Waals surface area contributed by atoms with E-state index in [9.17, 15) is 0 Å². The summed E-state index contributed by atoms with van der Waals surface area (Å²) in [6, 6.07) is 68.8. The Morgan fingerprint density at radius 1 is 0.365 bits per heavy atom. The fraction of sp³-hybridized carbons (Fsp3) is 0. The molecular weight excluding hydrogens is 633 g/mol. The van der Waals surface area contributed by atoms with E-state index in [1.807, 2.05) is 30.3 Å². The fourth-order valence-electron chi connectivity index (χ4n) is 7.60. The topological polar surface area (TPSA) is 29.3 Å². The zero-order valence-electron chi connectivity index (χ0n) is 28.3. The maximum Gasteiger partial charge on any atom is 0.227 e. The van der Waals surface area contributed by atoms with Crippen molar-refractivity contribution in [2.24, 2.45) is 0 Å². The van der Waals surface area contributed by atoms with Crippen molar-refractivity contribution in [3.63, 3.8) is 0 Å². The van der Waals surface area contributed by atoms with Gasteiger partial charge in [-0.1, -0.05) is 133 Å². The second-order valence-corrected chi connectivity index (χ2v) is 13.2. The van der Waals surface area contributed by atoms with Gasteiger partial charge in [0.1, 0.15) is 5.52 Å². The number of rotatable bonds is 6. The van der Waals surface area contributed by atoms with Crippen LogP contribution in [-0.4, -0.2) is 4.98 Å². The van der Waals surface area contributed by atoms with Crippen molar-refractivity contribution in [2.75, 3.05) is 4.90 Å². The lowest BCUT2D eigenvalue weighted by atomic mass is 9.93. The van der Waals surface area contributed by atoms with Crippen molar-refractivity contribution >= 4 is 60.5 Å². The smallest absolute Gasteiger partial charge is 0.227 e. The van der Waals surface area contributed by atoms with Gasteiger partial charge in [-0.05, 0) is 110 Å². The highest BCUT2D eigenvalue weighted by Gasteiger charge is 2.16. The Bertz CT molecular complexity index is 2880. The van der Waals surface area contributed by atoms with Crippen LogP contribution in [0.3, 0.4) is 0 Å². The molecule has 0 aliphatic carbocycles. The minimum atomic E-state index is 0.637. The van der Waals surface area contributed by atoms with Gasteiger partial charge in [-0.3, -0.25) is 0 Å². The summed E-state index contributed by atoms with van der Waals surface area (Å²) in [6.45, 7) is 0. The summed E-state index contributed by atoms with van der Waals surface area (Å²) in [6.07, 6.45) is 0. The molecule has 0 spiro atoms. The molecule has 0 unspecified atom stereocenters. The van der Waals surface area contributed by atoms with Gasteiger partial charge in [-0.25, -0.2) is 4.98 Å². The molecule has 3 nitrogen and oxygen atoms in total. The summed E-state index contributed by atoms with van der Waals surface area (Å²) in [5, 5.41) is 7.26. The lowest BCUT2D eigenvalue weighted by Gasteiger charge is -2.26. The predicted molar refractivity (Wildman–Crippen MR) is 218 cm³/mol. The summed E-state index contributed by atoms with van der Waals surface area (Å²) < 4.78 is 6.37. The van der Waals surface area contributed by atoms with Crippen molar-refractivity contribution in [1.29, 1.82) is 0 Å². The molecule has 3 heteroatoms. The Kier molecular flexibility index (Phi) is 7.14. The van der Waals surface area contributed by atoms with Gasteiger partial charge in [0.05, 0.1) is 0 Å². The van der Waals surface area contributed by atoms with Gasteiger partial charge >= 0.3 is 0 Å². The normalized spacial score (nSPS) is 11.5. The number of anilines is 3. The Morgan fingerprint density at radius 3 is 1.65 bits per heavy atom. The maximum absolute atomic E-state index is 6.37. The second-order valence-electron chi connectivity index (χ2n) is 13.2. The minimum Gasteiger partial charge on any atom is -0.435 e. The number of hydrogen-bond acceptors (Lipinski definition) is 3. The number of oxazole rings is 1. The summed E-state index contributed by atoms with van der Waals surface area (Å²) in [7, 11) is 0. The largest absolute Gasteiger partial charge is 0.435 e. The molecule has 0 fully saturated rings. The molecule has 1 aromatic heterocycles. The van der Waals surface area contributed by atoms with Crippen molar-refractivity contribution in [2.45, 2.75) is 0 Å². The van der Waals surface area contributed by atoms with E-state index in [-0.39, 0.29) is 0 Å². The average molecular weight is 665 g/mol. The quantitative estimate of drug-likeness (QED) is 0.166. The number of benzene rings is 9. The van der Waals surface area contributed by atoms with Crippen LogP contribution >= 0.6 is 0 Å². The van der Waals surface area contributed by atoms with Gasteiger partial charge in [-0.2, -0.15) is 0 Å². The maximum atomic E-state index is 6.37. The highest BCUT2D eigenvalue weighted by atomic mass is 16.3. The minimum absolute atomic E-state index is 0.637. The van der Waals surface area contributed by atoms with Crippen LogP contribution in [-0.2, 0) is 0 Å². The van der Waals surface area contributed by atoms with Crippen LogP contribution in [0.25, 0.3) is 77.1 Å². The third-order valence-electron chi connectivity index (χ3n) is 10.1. The zero-order chi connectivity index (χ0) is 34.4. The molecule has 52 heavy (non-hydrogen) atoms. The SMILES string of the molecule is c1ccc(-c2nc3ccc4c(-c5ccc(N(c6ccccc6)c6ccc(-c7cc8ccccc8c8ccccc78)cc6)cc5)cccc4c3o2)cc1. The van der Waals surface area contributed by atoms with Crippen molar-refractivity contribution in [3.8, 4) is 33.7 Å². The number of nitrogens with zero attached hydrogens (tertiary/aromatic N) is 2. The van der Waals surface area contributed by atoms with Crippen molar-refractivity contribution in [1.82, 2.24) is 4.98 Å². The highest BCUT2D eigenvalue weighted by molar-refractivity contribution is 6.14. The first kappa shape index (κ1) is 29.9. The van der Waals surface area contributed by atoms with E-state index in [0.717, 1.165) is 55.6 Å². The molecule has 10 rings (SSSR count). The van der Waals surface area contributed by atoms with Crippen LogP contribution in [0.5, 0.6) is 0 Å². The Labute approximate surface area is 301 Å². The molecule has 0 bridgehead atoms. The average Bonchev–Trinajstić information content (AvgIpc) is 3.67. The predicted octanol–water partition coefficient (Wildman–Crippen LogP) is 13.8. The van der Waals surface area contributed by atoms with Crippen LogP contribution in [0.2, 0.25) is 0 Å². The van der Waals surface area contributed by atoms with Crippen LogP contribution in [0, 0.1) is 0 Å². The number of hydrogen-bond donors (Lipinski definition) is 0. The molecule has 9 aromatic carbocycles. The molecule has 1 heterocycles. The molecule has 0 N–H and O–H groups in total. The van der Waals surface area contributed by atoms with Gasteiger partial charge in [0.25, 0.3) is 0 Å². The summed E-state index contributed by atoms with van der Waals surface area (Å²) in [4.78, 5) is 7.12. The van der Waals surface area contributed by atoms with Gasteiger partial charge in [0.2, 0.25) is 5.89 Å². The molecule has 0 saturated carbocycles. The molecular formula is C49H32N2O. The van der Waals surface area contributed by atoms with Crippen LogP contribution in [0.4, 0.5) is 17.1 Å². The van der Waals surface area contributed by atoms with Crippen LogP contribution in [0.1, 0.15) is 0 Å². The lowest BCUT2D eigenvalue weighted by Crippen LogP contribution is -2.09. The Balaban J connectivity index is 1.03. The summed E-state index contributed by atoms with van der Waals surface area (Å²) in [5.41, 5.74) is 10.7. The fourth-order valence-corrected chi connectivity index (χ4v) is 7.60. The zero-order valence-corrected chi connectivity index (χ0v) is 28.3. The molecule has 0 aliphatic heterocycles. The first-order valence-electron chi connectivity index (χ1n) is 17.6. The van der Waals surface area contributed by atoms with Gasteiger partial charge < -0.3 is 9.32 Å². The Hall–Kier alpha value is -6.97. The van der Waals surface area contributed by atoms with E-state index >= 15 is 0 Å². The molecule has 10 aromatic rings. The molecule has 0 aliphatic rings. The van der Waals surface area contributed by atoms with E-state index in [0.29, 0.717) is 5.89 Å². The molecule has 244 valence electrons. The van der Waals surface area contributed by atoms with Crippen molar-refractivity contribution in [3.05, 3.63) is 194 Å². The van der Waals surface area contributed by atoms with Crippen molar-refractivity contribution < 1.29 is 4.42 Å². The molecule has 0 radical (unpaired) electrons. The first-order chi connectivity index (χ1) is 25.8. The van der Waals surface area contributed by atoms with Crippen LogP contribution < -0.4 is 4.90 Å². The first-order valence-corrected chi connectivity index (χ1v) is 17.6. The van der Waals surface area contributed by atoms with E-state index in [1.165, 1.54) is 32.7 Å². The van der Waals surface area contributed by atoms with Crippen LogP contribution in [0.15, 0.2) is 199 Å². The third-order valence-corrected chi connectivity index (χ3v) is 10.1. The van der Waals surface area contributed by atoms with E-state index in [4.69, 9.17) is 9.40 Å². The molecule has 0 amide bonds. The summed E-state index contributed by atoms with van der Waals surface area (Å²) in [5.74, 6) is 0.637. The number of para-hydroxylation sites is 1. The lowest BCUT2D eigenvalue weighted by molar-refractivity contribution is 0.623. The second kappa shape index (κ2) is 12.4. The summed E-state index contributed by atoms with van der Waals surface area (Å²) >= 11 is 0. The van der Waals surface area contributed by atoms with E-state index < -0.39 is 0 Å². The van der Waals surface area contributed by atoms with E-state index in [1.54, 1.807) is 0 Å². The molecule has 0 atom stereocenters. The number of aromatic nitrogens is 1. The van der Waals surface area contributed by atoms with Gasteiger partial charge in [0, 0.05) is 28.0 Å². The monoisotopic (exact) mass is 664 g/mol. The van der Waals surface area contributed by atoms with Gasteiger partial charge in [-0.15, -0.1) is 0 Å². The third kappa shape index (κ3) is 5.10. The highest BCUT2D eigenvalue weighted by Crippen LogP contribution is 2.40. The van der Waals surface area contributed by atoms with Gasteiger partial charge in [0.15, 0.2) is 5.58 Å². The van der Waals surface area contributed by atoms with E-state index in [2.05, 4.69) is 169 Å². The molecule has 0 saturated heterocycles. The Morgan fingerprint density at radius 2 is 0.923 bits per heavy atom. The number of fused-ring (bicyclic) bond motifs is 6.